The van der Waals surface area contributed by atoms with Crippen molar-refractivity contribution in [2.45, 2.75) is 31.7 Å². The van der Waals surface area contributed by atoms with Crippen LogP contribution in [0.2, 0.25) is 0 Å². The summed E-state index contributed by atoms with van der Waals surface area (Å²) >= 11 is -1.93. The molecule has 2 N–H and O–H groups in total. The zero-order valence-corrected chi connectivity index (χ0v) is 14.6. The lowest BCUT2D eigenvalue weighted by molar-refractivity contribution is 0.398. The topological polar surface area (TPSA) is 71.5 Å². The van der Waals surface area contributed by atoms with E-state index in [0.29, 0.717) is 17.7 Å². The zero-order chi connectivity index (χ0) is 17.1. The van der Waals surface area contributed by atoms with Gasteiger partial charge in [0.05, 0.1) is 7.11 Å². The Bertz CT molecular complexity index is 703. The maximum absolute atomic E-state index is 10.8. The SMILES string of the molecule is COc1ccc(-c2ccc(C3CC3CC(C)NS(=O)O)cc2)cn1. The summed E-state index contributed by atoms with van der Waals surface area (Å²) in [5.41, 5.74) is 3.54. The molecule has 1 aromatic heterocycles. The van der Waals surface area contributed by atoms with Gasteiger partial charge in [-0.25, -0.2) is 13.9 Å². The minimum absolute atomic E-state index is 0.0514. The van der Waals surface area contributed by atoms with E-state index in [2.05, 4.69) is 34.0 Å². The summed E-state index contributed by atoms with van der Waals surface area (Å²) in [6, 6.07) is 12.5. The van der Waals surface area contributed by atoms with Gasteiger partial charge in [-0.2, -0.15) is 0 Å². The van der Waals surface area contributed by atoms with Gasteiger partial charge in [-0.1, -0.05) is 24.3 Å². The van der Waals surface area contributed by atoms with Crippen molar-refractivity contribution in [3.8, 4) is 17.0 Å². The molecule has 4 atom stereocenters. The molecule has 5 nitrogen and oxygen atoms in total. The summed E-state index contributed by atoms with van der Waals surface area (Å²) in [7, 11) is 1.61. The van der Waals surface area contributed by atoms with Crippen LogP contribution in [-0.4, -0.2) is 26.9 Å². The van der Waals surface area contributed by atoms with Crippen LogP contribution in [0.15, 0.2) is 42.6 Å². The van der Waals surface area contributed by atoms with Crippen LogP contribution in [-0.2, 0) is 11.3 Å². The van der Waals surface area contributed by atoms with Gasteiger partial charge in [0.25, 0.3) is 0 Å². The van der Waals surface area contributed by atoms with Crippen LogP contribution in [0.3, 0.4) is 0 Å². The number of hydrogen-bond acceptors (Lipinski definition) is 3. The van der Waals surface area contributed by atoms with Crippen molar-refractivity contribution >= 4 is 11.3 Å². The van der Waals surface area contributed by atoms with E-state index in [4.69, 9.17) is 9.29 Å². The third kappa shape index (κ3) is 4.20. The largest absolute Gasteiger partial charge is 0.481 e. The van der Waals surface area contributed by atoms with E-state index in [9.17, 15) is 4.21 Å². The number of nitrogens with one attached hydrogen (secondary N) is 1. The molecule has 1 heterocycles. The zero-order valence-electron chi connectivity index (χ0n) is 13.8. The van der Waals surface area contributed by atoms with Gasteiger partial charge in [-0.3, -0.25) is 4.55 Å². The summed E-state index contributed by atoms with van der Waals surface area (Å²) in [5, 5.41) is 0. The lowest BCUT2D eigenvalue weighted by Crippen LogP contribution is -2.28. The van der Waals surface area contributed by atoms with Gasteiger partial charge in [0.1, 0.15) is 0 Å². The van der Waals surface area contributed by atoms with Crippen LogP contribution in [0, 0.1) is 5.92 Å². The molecule has 0 spiro atoms. The number of ether oxygens (including phenoxy) is 1. The van der Waals surface area contributed by atoms with E-state index < -0.39 is 11.3 Å². The third-order valence-corrected chi connectivity index (χ3v) is 5.10. The second-order valence-corrected chi connectivity index (χ2v) is 7.05. The van der Waals surface area contributed by atoms with Gasteiger partial charge >= 0.3 is 0 Å². The van der Waals surface area contributed by atoms with E-state index in [0.717, 1.165) is 24.0 Å². The van der Waals surface area contributed by atoms with Crippen molar-refractivity contribution < 1.29 is 13.5 Å². The van der Waals surface area contributed by atoms with Gasteiger partial charge in [-0.05, 0) is 48.8 Å². The molecule has 24 heavy (non-hydrogen) atoms. The minimum Gasteiger partial charge on any atom is -0.481 e. The summed E-state index contributed by atoms with van der Waals surface area (Å²) in [6.45, 7) is 1.95. The molecule has 1 aliphatic rings. The Morgan fingerprint density at radius 2 is 2.00 bits per heavy atom. The molecule has 3 rings (SSSR count). The fourth-order valence-corrected chi connectivity index (χ4v) is 3.63. The van der Waals surface area contributed by atoms with Crippen LogP contribution in [0.5, 0.6) is 5.88 Å². The van der Waals surface area contributed by atoms with Gasteiger partial charge in [-0.15, -0.1) is 0 Å². The molecule has 2 aromatic rings. The van der Waals surface area contributed by atoms with Crippen molar-refractivity contribution in [1.29, 1.82) is 0 Å². The number of methoxy groups -OCH3 is 1. The van der Waals surface area contributed by atoms with Crippen LogP contribution in [0.25, 0.3) is 11.1 Å². The molecule has 128 valence electrons. The molecular formula is C18H22N2O3S. The predicted octanol–water partition coefficient (Wildman–Crippen LogP) is 3.37. The highest BCUT2D eigenvalue weighted by molar-refractivity contribution is 7.77. The number of nitrogens with zero attached hydrogens (tertiary/aromatic N) is 1. The number of rotatable bonds is 7. The molecule has 0 radical (unpaired) electrons. The Labute approximate surface area is 144 Å². The van der Waals surface area contributed by atoms with E-state index in [1.54, 1.807) is 7.11 Å². The lowest BCUT2D eigenvalue weighted by atomic mass is 10.0. The van der Waals surface area contributed by atoms with Crippen LogP contribution in [0.4, 0.5) is 0 Å². The summed E-state index contributed by atoms with van der Waals surface area (Å²) in [4.78, 5) is 4.24. The normalized spacial score (nSPS) is 22.0. The summed E-state index contributed by atoms with van der Waals surface area (Å²) in [6.07, 6.45) is 3.88. The molecule has 1 saturated carbocycles. The first-order valence-corrected chi connectivity index (χ1v) is 9.15. The molecule has 0 saturated heterocycles. The quantitative estimate of drug-likeness (QED) is 0.754. The number of benzene rings is 1. The monoisotopic (exact) mass is 346 g/mol. The van der Waals surface area contributed by atoms with Crippen molar-refractivity contribution in [2.75, 3.05) is 7.11 Å². The van der Waals surface area contributed by atoms with Gasteiger partial charge in [0.2, 0.25) is 17.1 Å². The molecular weight excluding hydrogens is 324 g/mol. The molecule has 1 fully saturated rings. The standard InChI is InChI=1S/C18H22N2O3S/c1-12(20-24(21)22)9-16-10-17(16)14-5-3-13(4-6-14)15-7-8-18(23-2)19-11-15/h3-8,11-12,16-17,20H,9-10H2,1-2H3,(H,21,22). The molecule has 0 aliphatic heterocycles. The number of hydrogen-bond donors (Lipinski definition) is 2. The Morgan fingerprint density at radius 3 is 2.58 bits per heavy atom. The second kappa shape index (κ2) is 7.42. The van der Waals surface area contributed by atoms with Crippen molar-refractivity contribution in [1.82, 2.24) is 9.71 Å². The number of aromatic nitrogens is 1. The first kappa shape index (κ1) is 17.1. The van der Waals surface area contributed by atoms with Gasteiger partial charge < -0.3 is 4.74 Å². The van der Waals surface area contributed by atoms with Crippen molar-refractivity contribution in [2.24, 2.45) is 5.92 Å². The van der Waals surface area contributed by atoms with Crippen molar-refractivity contribution in [3.63, 3.8) is 0 Å². The van der Waals surface area contributed by atoms with Gasteiger partial charge in [0, 0.05) is 23.9 Å². The Hall–Kier alpha value is -1.76. The minimum atomic E-state index is -1.93. The second-order valence-electron chi connectivity index (χ2n) is 6.32. The fourth-order valence-electron chi connectivity index (χ4n) is 3.19. The summed E-state index contributed by atoms with van der Waals surface area (Å²) in [5.74, 6) is 1.76. The maximum Gasteiger partial charge on any atom is 0.231 e. The molecule has 4 unspecified atom stereocenters. The van der Waals surface area contributed by atoms with Gasteiger partial charge in [0.15, 0.2) is 0 Å². The highest BCUT2D eigenvalue weighted by Crippen LogP contribution is 2.50. The van der Waals surface area contributed by atoms with E-state index in [1.165, 1.54) is 5.56 Å². The van der Waals surface area contributed by atoms with Crippen molar-refractivity contribution in [3.05, 3.63) is 48.2 Å². The highest BCUT2D eigenvalue weighted by atomic mass is 32.2. The molecule has 0 amide bonds. The Morgan fingerprint density at radius 1 is 1.29 bits per heavy atom. The van der Waals surface area contributed by atoms with Crippen LogP contribution < -0.4 is 9.46 Å². The average Bonchev–Trinajstić information content (AvgIpc) is 3.33. The molecule has 0 bridgehead atoms. The Balaban J connectivity index is 1.60. The fraction of sp³-hybridized carbons (Fsp3) is 0.389. The molecule has 6 heteroatoms. The van der Waals surface area contributed by atoms with E-state index in [-0.39, 0.29) is 6.04 Å². The predicted molar refractivity (Wildman–Crippen MR) is 95.1 cm³/mol. The average molecular weight is 346 g/mol. The van der Waals surface area contributed by atoms with E-state index >= 15 is 0 Å². The third-order valence-electron chi connectivity index (χ3n) is 4.50. The van der Waals surface area contributed by atoms with Crippen LogP contribution in [0.1, 0.15) is 31.2 Å². The smallest absolute Gasteiger partial charge is 0.231 e. The van der Waals surface area contributed by atoms with E-state index in [1.807, 2.05) is 25.3 Å². The maximum atomic E-state index is 10.8. The Kier molecular flexibility index (Phi) is 5.28. The molecule has 1 aliphatic carbocycles. The highest BCUT2D eigenvalue weighted by Gasteiger charge is 2.38. The summed E-state index contributed by atoms with van der Waals surface area (Å²) < 4.78 is 27.3. The number of pyridine rings is 1. The molecule has 1 aromatic carbocycles. The first-order valence-electron chi connectivity index (χ1n) is 8.04. The lowest BCUT2D eigenvalue weighted by Gasteiger charge is -2.10. The first-order chi connectivity index (χ1) is 11.6. The van der Waals surface area contributed by atoms with Crippen LogP contribution >= 0.6 is 0 Å².